The second-order valence-corrected chi connectivity index (χ2v) is 1.79. The molecule has 0 fully saturated rings. The molecule has 0 aromatic heterocycles. The third-order valence-corrected chi connectivity index (χ3v) is 1.03. The van der Waals surface area contributed by atoms with Crippen LogP contribution in [0.1, 0.15) is 6.92 Å². The third kappa shape index (κ3) is 3.89. The summed E-state index contributed by atoms with van der Waals surface area (Å²) in [5.41, 5.74) is 1.01. The highest BCUT2D eigenvalue weighted by Crippen LogP contribution is 1.83. The molecule has 0 aromatic rings. The van der Waals surface area contributed by atoms with Gasteiger partial charge in [0.15, 0.2) is 0 Å². The molecule has 0 saturated carbocycles. The van der Waals surface area contributed by atoms with Gasteiger partial charge in [-0.05, 0) is 13.0 Å². The average Bonchev–Trinajstić information content (AvgIpc) is 1.98. The van der Waals surface area contributed by atoms with Gasteiger partial charge < -0.3 is 5.32 Å². The van der Waals surface area contributed by atoms with Crippen LogP contribution < -0.4 is 5.32 Å². The first kappa shape index (κ1) is 8.95. The zero-order valence-corrected chi connectivity index (χ0v) is 6.76. The molecule has 0 atom stereocenters. The fraction of sp³-hybridized carbons (Fsp3) is 0.375. The lowest BCUT2D eigenvalue weighted by Crippen LogP contribution is -2.05. The highest BCUT2D eigenvalue weighted by atomic mass is 14.8. The van der Waals surface area contributed by atoms with Crippen molar-refractivity contribution in [3.05, 3.63) is 23.9 Å². The van der Waals surface area contributed by atoms with Crippen molar-refractivity contribution in [2.24, 2.45) is 4.99 Å². The van der Waals surface area contributed by atoms with Gasteiger partial charge in [-0.15, -0.1) is 0 Å². The van der Waals surface area contributed by atoms with Crippen LogP contribution in [0.4, 0.5) is 0 Å². The van der Waals surface area contributed by atoms with Gasteiger partial charge in [0.2, 0.25) is 0 Å². The van der Waals surface area contributed by atoms with E-state index in [1.807, 2.05) is 32.2 Å². The largest absolute Gasteiger partial charge is 0.387 e. The van der Waals surface area contributed by atoms with E-state index in [0.29, 0.717) is 0 Å². The monoisotopic (exact) mass is 138 g/mol. The standard InChI is InChI=1S/C8H14N2/c1-4-5-6-8(10-3)7-9-2/h4-7,10H,1-3H3/b5-4-,8-6+,9-7?. The van der Waals surface area contributed by atoms with Crippen LogP contribution in [-0.4, -0.2) is 20.3 Å². The summed E-state index contributed by atoms with van der Waals surface area (Å²) >= 11 is 0. The molecule has 0 bridgehead atoms. The van der Waals surface area contributed by atoms with Crippen LogP contribution in [0.5, 0.6) is 0 Å². The molecule has 56 valence electrons. The highest BCUT2D eigenvalue weighted by molar-refractivity contribution is 5.77. The van der Waals surface area contributed by atoms with Crippen molar-refractivity contribution < 1.29 is 0 Å². The first-order valence-corrected chi connectivity index (χ1v) is 3.28. The fourth-order valence-corrected chi connectivity index (χ4v) is 0.530. The molecule has 1 N–H and O–H groups in total. The molecule has 0 saturated heterocycles. The van der Waals surface area contributed by atoms with Gasteiger partial charge in [0.05, 0.1) is 5.70 Å². The van der Waals surface area contributed by atoms with E-state index in [9.17, 15) is 0 Å². The number of nitrogens with zero attached hydrogens (tertiary/aromatic N) is 1. The minimum absolute atomic E-state index is 1.01. The summed E-state index contributed by atoms with van der Waals surface area (Å²) in [5.74, 6) is 0. The Kier molecular flexibility index (Phi) is 5.44. The molecular formula is C8H14N2. The van der Waals surface area contributed by atoms with E-state index in [-0.39, 0.29) is 0 Å². The number of hydrogen-bond donors (Lipinski definition) is 1. The van der Waals surface area contributed by atoms with Gasteiger partial charge in [-0.3, -0.25) is 4.99 Å². The Bertz CT molecular complexity index is 155. The molecule has 0 rings (SSSR count). The first-order chi connectivity index (χ1) is 4.85. The van der Waals surface area contributed by atoms with Crippen LogP contribution >= 0.6 is 0 Å². The molecule has 0 amide bonds. The summed E-state index contributed by atoms with van der Waals surface area (Å²) in [6.45, 7) is 1.98. The quantitative estimate of drug-likeness (QED) is 0.462. The smallest absolute Gasteiger partial charge is 0.0518 e. The highest BCUT2D eigenvalue weighted by Gasteiger charge is 1.80. The minimum Gasteiger partial charge on any atom is -0.387 e. The molecule has 0 radical (unpaired) electrons. The van der Waals surface area contributed by atoms with Crippen LogP contribution in [0.2, 0.25) is 0 Å². The van der Waals surface area contributed by atoms with E-state index in [4.69, 9.17) is 0 Å². The fourth-order valence-electron chi connectivity index (χ4n) is 0.530. The Labute approximate surface area is 62.4 Å². The Morgan fingerprint density at radius 2 is 2.20 bits per heavy atom. The molecule has 0 aliphatic heterocycles. The van der Waals surface area contributed by atoms with Crippen molar-refractivity contribution in [1.82, 2.24) is 5.32 Å². The van der Waals surface area contributed by atoms with Crippen LogP contribution in [0.3, 0.4) is 0 Å². The summed E-state index contributed by atoms with van der Waals surface area (Å²) in [6, 6.07) is 0. The predicted octanol–water partition coefficient (Wildman–Crippen LogP) is 1.37. The van der Waals surface area contributed by atoms with Gasteiger partial charge in [0.25, 0.3) is 0 Å². The molecule has 0 heterocycles. The zero-order valence-electron chi connectivity index (χ0n) is 6.76. The summed E-state index contributed by atoms with van der Waals surface area (Å²) in [5, 5.41) is 3.00. The van der Waals surface area contributed by atoms with Crippen molar-refractivity contribution in [1.29, 1.82) is 0 Å². The number of rotatable bonds is 3. The SMILES string of the molecule is C/C=C\C=C(/C=NC)NC. The van der Waals surface area contributed by atoms with Gasteiger partial charge in [-0.2, -0.15) is 0 Å². The van der Waals surface area contributed by atoms with Crippen molar-refractivity contribution in [3.8, 4) is 0 Å². The lowest BCUT2D eigenvalue weighted by molar-refractivity contribution is 1.06. The molecular weight excluding hydrogens is 124 g/mol. The van der Waals surface area contributed by atoms with E-state index in [1.165, 1.54) is 0 Å². The van der Waals surface area contributed by atoms with Gasteiger partial charge in [0, 0.05) is 20.3 Å². The number of aliphatic imine (C=N–C) groups is 1. The van der Waals surface area contributed by atoms with Gasteiger partial charge in [-0.25, -0.2) is 0 Å². The van der Waals surface area contributed by atoms with Crippen molar-refractivity contribution in [2.45, 2.75) is 6.92 Å². The minimum atomic E-state index is 1.01. The maximum Gasteiger partial charge on any atom is 0.0518 e. The Balaban J connectivity index is 4.04. The van der Waals surface area contributed by atoms with Crippen molar-refractivity contribution in [2.75, 3.05) is 14.1 Å². The number of nitrogens with one attached hydrogen (secondary N) is 1. The van der Waals surface area contributed by atoms with Crippen LogP contribution in [0.25, 0.3) is 0 Å². The van der Waals surface area contributed by atoms with E-state index < -0.39 is 0 Å². The predicted molar refractivity (Wildman–Crippen MR) is 46.4 cm³/mol. The summed E-state index contributed by atoms with van der Waals surface area (Å²) in [6.07, 6.45) is 7.68. The van der Waals surface area contributed by atoms with Crippen LogP contribution in [0, 0.1) is 0 Å². The lowest BCUT2D eigenvalue weighted by Gasteiger charge is -1.95. The van der Waals surface area contributed by atoms with Gasteiger partial charge >= 0.3 is 0 Å². The molecule has 0 aromatic carbocycles. The molecule has 0 unspecified atom stereocenters. The van der Waals surface area contributed by atoms with Crippen LogP contribution in [0.15, 0.2) is 28.9 Å². The second-order valence-electron chi connectivity index (χ2n) is 1.79. The second kappa shape index (κ2) is 6.08. The van der Waals surface area contributed by atoms with Crippen molar-refractivity contribution in [3.63, 3.8) is 0 Å². The average molecular weight is 138 g/mol. The van der Waals surface area contributed by atoms with E-state index in [2.05, 4.69) is 10.3 Å². The van der Waals surface area contributed by atoms with E-state index in [1.54, 1.807) is 13.3 Å². The molecule has 2 nitrogen and oxygen atoms in total. The molecule has 2 heteroatoms. The van der Waals surface area contributed by atoms with Crippen LogP contribution in [-0.2, 0) is 0 Å². The summed E-state index contributed by atoms with van der Waals surface area (Å²) in [4.78, 5) is 3.87. The third-order valence-electron chi connectivity index (χ3n) is 1.03. The lowest BCUT2D eigenvalue weighted by atomic mass is 10.4. The van der Waals surface area contributed by atoms with E-state index >= 15 is 0 Å². The van der Waals surface area contributed by atoms with Gasteiger partial charge in [0.1, 0.15) is 0 Å². The van der Waals surface area contributed by atoms with Gasteiger partial charge in [-0.1, -0.05) is 12.2 Å². The normalized spacial score (nSPS) is 13.3. The maximum absolute atomic E-state index is 3.87. The summed E-state index contributed by atoms with van der Waals surface area (Å²) < 4.78 is 0. The number of allylic oxidation sites excluding steroid dienone is 4. The topological polar surface area (TPSA) is 24.4 Å². The molecule has 0 spiro atoms. The Hall–Kier alpha value is -1.05. The molecule has 0 aliphatic carbocycles. The Morgan fingerprint density at radius 1 is 1.50 bits per heavy atom. The molecule has 0 aliphatic rings. The zero-order chi connectivity index (χ0) is 7.82. The Morgan fingerprint density at radius 3 is 2.60 bits per heavy atom. The maximum atomic E-state index is 3.87. The van der Waals surface area contributed by atoms with Crippen molar-refractivity contribution >= 4 is 6.21 Å². The summed E-state index contributed by atoms with van der Waals surface area (Å²) in [7, 11) is 3.62. The molecule has 10 heavy (non-hydrogen) atoms. The first-order valence-electron chi connectivity index (χ1n) is 3.28. The van der Waals surface area contributed by atoms with E-state index in [0.717, 1.165) is 5.70 Å². The number of hydrogen-bond acceptors (Lipinski definition) is 2.